The molecule has 0 aliphatic carbocycles. The van der Waals surface area contributed by atoms with E-state index in [1.165, 1.54) is 5.56 Å². The molecule has 0 spiro atoms. The maximum absolute atomic E-state index is 10.1. The predicted molar refractivity (Wildman–Crippen MR) is 66.8 cm³/mol. The SMILES string of the molecule is CCc1ccccc1OCC(C)(O)C(C)C. The molecule has 0 radical (unpaired) electrons. The summed E-state index contributed by atoms with van der Waals surface area (Å²) < 4.78 is 5.70. The number of rotatable bonds is 5. The zero-order valence-electron chi connectivity index (χ0n) is 10.7. The number of para-hydroxylation sites is 1. The van der Waals surface area contributed by atoms with E-state index in [4.69, 9.17) is 4.74 Å². The predicted octanol–water partition coefficient (Wildman–Crippen LogP) is 3.03. The van der Waals surface area contributed by atoms with Gasteiger partial charge in [0.1, 0.15) is 12.4 Å². The molecule has 0 aliphatic rings. The molecule has 0 saturated carbocycles. The molecule has 1 aromatic rings. The number of benzene rings is 1. The van der Waals surface area contributed by atoms with Crippen LogP contribution in [0.3, 0.4) is 0 Å². The second-order valence-corrected chi connectivity index (χ2v) is 4.76. The van der Waals surface area contributed by atoms with Gasteiger partial charge >= 0.3 is 0 Å². The molecular formula is C14H22O2. The zero-order chi connectivity index (χ0) is 12.2. The van der Waals surface area contributed by atoms with Crippen LogP contribution in [-0.2, 0) is 6.42 Å². The summed E-state index contributed by atoms with van der Waals surface area (Å²) in [6.07, 6.45) is 0.944. The van der Waals surface area contributed by atoms with Crippen molar-refractivity contribution >= 4 is 0 Å². The fraction of sp³-hybridized carbons (Fsp3) is 0.571. The first-order chi connectivity index (χ1) is 7.47. The van der Waals surface area contributed by atoms with Crippen LogP contribution in [0.5, 0.6) is 5.75 Å². The molecule has 1 unspecified atom stereocenters. The molecule has 0 aliphatic heterocycles. The summed E-state index contributed by atoms with van der Waals surface area (Å²) in [4.78, 5) is 0. The minimum absolute atomic E-state index is 0.182. The van der Waals surface area contributed by atoms with Gasteiger partial charge in [-0.25, -0.2) is 0 Å². The Kier molecular flexibility index (Phi) is 4.36. The molecule has 0 aromatic heterocycles. The lowest BCUT2D eigenvalue weighted by molar-refractivity contribution is -0.0268. The zero-order valence-corrected chi connectivity index (χ0v) is 10.7. The number of hydrogen-bond donors (Lipinski definition) is 1. The average Bonchev–Trinajstić information content (AvgIpc) is 2.26. The van der Waals surface area contributed by atoms with E-state index in [1.807, 2.05) is 39.0 Å². The Labute approximate surface area is 98.3 Å². The van der Waals surface area contributed by atoms with Crippen molar-refractivity contribution in [1.82, 2.24) is 0 Å². The fourth-order valence-corrected chi connectivity index (χ4v) is 1.33. The summed E-state index contributed by atoms with van der Waals surface area (Å²) in [5, 5.41) is 10.1. The first-order valence-corrected chi connectivity index (χ1v) is 5.90. The Morgan fingerprint density at radius 3 is 2.50 bits per heavy atom. The van der Waals surface area contributed by atoms with Crippen LogP contribution >= 0.6 is 0 Å². The standard InChI is InChI=1S/C14H22O2/c1-5-12-8-6-7-9-13(12)16-10-14(4,15)11(2)3/h6-9,11,15H,5,10H2,1-4H3. The second kappa shape index (κ2) is 5.35. The Hall–Kier alpha value is -1.02. The maximum atomic E-state index is 10.1. The van der Waals surface area contributed by atoms with Crippen LogP contribution in [0.1, 0.15) is 33.3 Å². The summed E-state index contributed by atoms with van der Waals surface area (Å²) >= 11 is 0. The Balaban J connectivity index is 2.67. The Bertz CT molecular complexity index is 329. The Morgan fingerprint density at radius 2 is 1.94 bits per heavy atom. The van der Waals surface area contributed by atoms with E-state index in [0.717, 1.165) is 12.2 Å². The highest BCUT2D eigenvalue weighted by atomic mass is 16.5. The van der Waals surface area contributed by atoms with Crippen molar-refractivity contribution in [3.8, 4) is 5.75 Å². The molecule has 1 atom stereocenters. The number of aliphatic hydroxyl groups is 1. The molecule has 90 valence electrons. The highest BCUT2D eigenvalue weighted by molar-refractivity contribution is 5.33. The van der Waals surface area contributed by atoms with E-state index < -0.39 is 5.60 Å². The van der Waals surface area contributed by atoms with Gasteiger partial charge in [-0.15, -0.1) is 0 Å². The van der Waals surface area contributed by atoms with Crippen molar-refractivity contribution in [1.29, 1.82) is 0 Å². The molecule has 1 rings (SSSR count). The molecule has 2 nitrogen and oxygen atoms in total. The molecule has 0 fully saturated rings. The molecular weight excluding hydrogens is 200 g/mol. The van der Waals surface area contributed by atoms with Crippen LogP contribution in [-0.4, -0.2) is 17.3 Å². The van der Waals surface area contributed by atoms with Gasteiger partial charge in [0.05, 0.1) is 5.60 Å². The molecule has 1 aromatic carbocycles. The lowest BCUT2D eigenvalue weighted by atomic mass is 9.94. The van der Waals surface area contributed by atoms with Gasteiger partial charge in [0.25, 0.3) is 0 Å². The van der Waals surface area contributed by atoms with Gasteiger partial charge in [-0.05, 0) is 30.9 Å². The van der Waals surface area contributed by atoms with Crippen molar-refractivity contribution < 1.29 is 9.84 Å². The number of aryl methyl sites for hydroxylation is 1. The van der Waals surface area contributed by atoms with Gasteiger partial charge in [0.15, 0.2) is 0 Å². The first kappa shape index (κ1) is 13.0. The molecule has 2 heteroatoms. The summed E-state index contributed by atoms with van der Waals surface area (Å²) in [7, 11) is 0. The van der Waals surface area contributed by atoms with Crippen LogP contribution < -0.4 is 4.74 Å². The van der Waals surface area contributed by atoms with Gasteiger partial charge in [-0.3, -0.25) is 0 Å². The third kappa shape index (κ3) is 3.24. The first-order valence-electron chi connectivity index (χ1n) is 5.90. The van der Waals surface area contributed by atoms with Crippen LogP contribution in [0.4, 0.5) is 0 Å². The van der Waals surface area contributed by atoms with Gasteiger partial charge in [0.2, 0.25) is 0 Å². The van der Waals surface area contributed by atoms with Crippen molar-refractivity contribution in [3.05, 3.63) is 29.8 Å². The van der Waals surface area contributed by atoms with Crippen LogP contribution in [0, 0.1) is 5.92 Å². The highest BCUT2D eigenvalue weighted by Crippen LogP contribution is 2.22. The monoisotopic (exact) mass is 222 g/mol. The summed E-state index contributed by atoms with van der Waals surface area (Å²) in [6.45, 7) is 8.24. The molecule has 1 N–H and O–H groups in total. The summed E-state index contributed by atoms with van der Waals surface area (Å²) in [5.41, 5.74) is 0.406. The minimum atomic E-state index is -0.777. The van der Waals surface area contributed by atoms with Crippen molar-refractivity contribution in [2.24, 2.45) is 5.92 Å². The topological polar surface area (TPSA) is 29.5 Å². The molecule has 0 saturated heterocycles. The Morgan fingerprint density at radius 1 is 1.31 bits per heavy atom. The lowest BCUT2D eigenvalue weighted by Crippen LogP contribution is -2.37. The quantitative estimate of drug-likeness (QED) is 0.829. The van der Waals surface area contributed by atoms with Crippen LogP contribution in [0.25, 0.3) is 0 Å². The van der Waals surface area contributed by atoms with E-state index >= 15 is 0 Å². The normalized spacial score (nSPS) is 14.9. The average molecular weight is 222 g/mol. The van der Waals surface area contributed by atoms with Crippen LogP contribution in [0.15, 0.2) is 24.3 Å². The van der Waals surface area contributed by atoms with Crippen molar-refractivity contribution in [3.63, 3.8) is 0 Å². The van der Waals surface area contributed by atoms with E-state index in [0.29, 0.717) is 6.61 Å². The van der Waals surface area contributed by atoms with Gasteiger partial charge in [-0.2, -0.15) is 0 Å². The lowest BCUT2D eigenvalue weighted by Gasteiger charge is -2.27. The summed E-state index contributed by atoms with van der Waals surface area (Å²) in [5.74, 6) is 1.06. The number of hydrogen-bond acceptors (Lipinski definition) is 2. The van der Waals surface area contributed by atoms with Gasteiger partial charge < -0.3 is 9.84 Å². The molecule has 16 heavy (non-hydrogen) atoms. The second-order valence-electron chi connectivity index (χ2n) is 4.76. The van der Waals surface area contributed by atoms with Crippen molar-refractivity contribution in [2.45, 2.75) is 39.7 Å². The molecule has 0 amide bonds. The largest absolute Gasteiger partial charge is 0.490 e. The van der Waals surface area contributed by atoms with Crippen LogP contribution in [0.2, 0.25) is 0 Å². The van der Waals surface area contributed by atoms with Gasteiger partial charge in [0, 0.05) is 0 Å². The van der Waals surface area contributed by atoms with E-state index in [2.05, 4.69) is 13.0 Å². The molecule has 0 heterocycles. The highest BCUT2D eigenvalue weighted by Gasteiger charge is 2.25. The summed E-state index contributed by atoms with van der Waals surface area (Å²) in [6, 6.07) is 7.97. The van der Waals surface area contributed by atoms with E-state index in [9.17, 15) is 5.11 Å². The van der Waals surface area contributed by atoms with E-state index in [-0.39, 0.29) is 5.92 Å². The number of ether oxygens (including phenoxy) is 1. The smallest absolute Gasteiger partial charge is 0.122 e. The fourth-order valence-electron chi connectivity index (χ4n) is 1.33. The van der Waals surface area contributed by atoms with Gasteiger partial charge in [-0.1, -0.05) is 39.0 Å². The third-order valence-corrected chi connectivity index (χ3v) is 3.12. The van der Waals surface area contributed by atoms with Crippen molar-refractivity contribution in [2.75, 3.05) is 6.61 Å². The van der Waals surface area contributed by atoms with E-state index in [1.54, 1.807) is 0 Å². The third-order valence-electron chi connectivity index (χ3n) is 3.12. The minimum Gasteiger partial charge on any atom is -0.490 e. The maximum Gasteiger partial charge on any atom is 0.122 e. The molecule has 0 bridgehead atoms.